The number of likely N-dealkylation sites (N-methyl/N-ethyl adjacent to an activating group) is 1. The van der Waals surface area contributed by atoms with E-state index in [2.05, 4.69) is 20.6 Å². The fourth-order valence-corrected chi connectivity index (χ4v) is 1.46. The molecular weight excluding hydrogens is 264 g/mol. The molecule has 0 radical (unpaired) electrons. The third-order valence-electron chi connectivity index (χ3n) is 2.48. The summed E-state index contributed by atoms with van der Waals surface area (Å²) in [5, 5.41) is 16.6. The number of hydrogen-bond acceptors (Lipinski definition) is 7. The van der Waals surface area contributed by atoms with Gasteiger partial charge in [0, 0.05) is 20.6 Å². The summed E-state index contributed by atoms with van der Waals surface area (Å²) in [6, 6.07) is 0. The SMILES string of the molecule is CCNc1nc(C)c([N+](=O)[O-])c(NCC(=O)N(C)C)n1. The molecule has 0 saturated carbocycles. The van der Waals surface area contributed by atoms with Gasteiger partial charge in [-0.25, -0.2) is 4.98 Å². The first-order valence-corrected chi connectivity index (χ1v) is 6.07. The number of aromatic nitrogens is 2. The predicted octanol–water partition coefficient (Wildman–Crippen LogP) is 0.625. The van der Waals surface area contributed by atoms with Crippen molar-refractivity contribution in [2.75, 3.05) is 37.8 Å². The smallest absolute Gasteiger partial charge is 0.332 e. The number of carbonyl (C=O) groups is 1. The van der Waals surface area contributed by atoms with Gasteiger partial charge in [0.05, 0.1) is 11.5 Å². The number of anilines is 2. The Bertz CT molecular complexity index is 517. The monoisotopic (exact) mass is 282 g/mol. The van der Waals surface area contributed by atoms with Gasteiger partial charge in [0.2, 0.25) is 17.7 Å². The van der Waals surface area contributed by atoms with Crippen molar-refractivity contribution in [3.8, 4) is 0 Å². The summed E-state index contributed by atoms with van der Waals surface area (Å²) in [5.41, 5.74) is 0.0129. The van der Waals surface area contributed by atoms with Gasteiger partial charge in [-0.05, 0) is 13.8 Å². The molecule has 0 unspecified atom stereocenters. The second kappa shape index (κ2) is 6.64. The van der Waals surface area contributed by atoms with Crippen LogP contribution in [0.1, 0.15) is 12.6 Å². The number of aryl methyl sites for hydroxylation is 1. The van der Waals surface area contributed by atoms with Gasteiger partial charge in [0.15, 0.2) is 0 Å². The quantitative estimate of drug-likeness (QED) is 0.581. The Morgan fingerprint density at radius 1 is 1.35 bits per heavy atom. The molecule has 0 aliphatic carbocycles. The molecule has 0 saturated heterocycles. The highest BCUT2D eigenvalue weighted by molar-refractivity contribution is 5.81. The van der Waals surface area contributed by atoms with Crippen LogP contribution in [0.3, 0.4) is 0 Å². The molecular formula is C11H18N6O3. The van der Waals surface area contributed by atoms with Gasteiger partial charge in [-0.1, -0.05) is 0 Å². The first kappa shape index (κ1) is 15.6. The predicted molar refractivity (Wildman–Crippen MR) is 74.8 cm³/mol. The lowest BCUT2D eigenvalue weighted by molar-refractivity contribution is -0.385. The lowest BCUT2D eigenvalue weighted by atomic mass is 10.3. The zero-order valence-corrected chi connectivity index (χ0v) is 11.9. The van der Waals surface area contributed by atoms with Gasteiger partial charge in [-0.15, -0.1) is 0 Å². The Morgan fingerprint density at radius 2 is 2.00 bits per heavy atom. The minimum absolute atomic E-state index is 0.0358. The van der Waals surface area contributed by atoms with Crippen molar-refractivity contribution in [2.45, 2.75) is 13.8 Å². The molecule has 2 N–H and O–H groups in total. The molecule has 1 heterocycles. The number of carbonyl (C=O) groups excluding carboxylic acids is 1. The topological polar surface area (TPSA) is 113 Å². The van der Waals surface area contributed by atoms with Crippen LogP contribution < -0.4 is 10.6 Å². The van der Waals surface area contributed by atoms with E-state index in [4.69, 9.17) is 0 Å². The van der Waals surface area contributed by atoms with Crippen LogP contribution in [0.4, 0.5) is 17.5 Å². The maximum Gasteiger partial charge on any atom is 0.332 e. The van der Waals surface area contributed by atoms with Gasteiger partial charge in [0.1, 0.15) is 5.69 Å². The van der Waals surface area contributed by atoms with Crippen LogP contribution >= 0.6 is 0 Å². The molecule has 1 amide bonds. The van der Waals surface area contributed by atoms with Gasteiger partial charge >= 0.3 is 5.69 Å². The second-order valence-electron chi connectivity index (χ2n) is 4.26. The molecule has 1 rings (SSSR count). The molecule has 1 aromatic rings. The summed E-state index contributed by atoms with van der Waals surface area (Å²) >= 11 is 0. The average molecular weight is 282 g/mol. The number of hydrogen-bond donors (Lipinski definition) is 2. The van der Waals surface area contributed by atoms with E-state index in [1.54, 1.807) is 14.1 Å². The molecule has 0 bridgehead atoms. The van der Waals surface area contributed by atoms with E-state index in [1.165, 1.54) is 11.8 Å². The first-order chi connectivity index (χ1) is 9.36. The molecule has 0 aliphatic heterocycles. The summed E-state index contributed by atoms with van der Waals surface area (Å²) in [5.74, 6) is 0.115. The van der Waals surface area contributed by atoms with Crippen molar-refractivity contribution in [1.82, 2.24) is 14.9 Å². The summed E-state index contributed by atoms with van der Waals surface area (Å²) in [6.07, 6.45) is 0. The standard InChI is InChI=1S/C11H18N6O3/c1-5-12-11-14-7(2)9(17(19)20)10(15-11)13-6-8(18)16(3)4/h5-6H2,1-4H3,(H2,12,13,14,15). The second-order valence-corrected chi connectivity index (χ2v) is 4.26. The van der Waals surface area contributed by atoms with Crippen molar-refractivity contribution in [3.05, 3.63) is 15.8 Å². The van der Waals surface area contributed by atoms with E-state index >= 15 is 0 Å². The van der Waals surface area contributed by atoms with E-state index in [0.29, 0.717) is 6.54 Å². The summed E-state index contributed by atoms with van der Waals surface area (Å²) in [7, 11) is 3.21. The first-order valence-electron chi connectivity index (χ1n) is 6.07. The fourth-order valence-electron chi connectivity index (χ4n) is 1.46. The van der Waals surface area contributed by atoms with E-state index in [9.17, 15) is 14.9 Å². The van der Waals surface area contributed by atoms with E-state index < -0.39 is 4.92 Å². The lowest BCUT2D eigenvalue weighted by Gasteiger charge is -2.12. The van der Waals surface area contributed by atoms with Crippen LogP contribution in [-0.4, -0.2) is 52.9 Å². The third kappa shape index (κ3) is 3.77. The highest BCUT2D eigenvalue weighted by atomic mass is 16.6. The van der Waals surface area contributed by atoms with Crippen LogP contribution in [0.15, 0.2) is 0 Å². The molecule has 9 nitrogen and oxygen atoms in total. The van der Waals surface area contributed by atoms with Crippen molar-refractivity contribution >= 4 is 23.4 Å². The van der Waals surface area contributed by atoms with Crippen molar-refractivity contribution in [3.63, 3.8) is 0 Å². The molecule has 20 heavy (non-hydrogen) atoms. The Balaban J connectivity index is 3.07. The van der Waals surface area contributed by atoms with Gasteiger partial charge < -0.3 is 15.5 Å². The van der Waals surface area contributed by atoms with Gasteiger partial charge in [0.25, 0.3) is 0 Å². The molecule has 9 heteroatoms. The molecule has 110 valence electrons. The lowest BCUT2D eigenvalue weighted by Crippen LogP contribution is -2.29. The zero-order valence-electron chi connectivity index (χ0n) is 11.9. The fraction of sp³-hybridized carbons (Fsp3) is 0.545. The number of amides is 1. The summed E-state index contributed by atoms with van der Waals surface area (Å²) < 4.78 is 0. The van der Waals surface area contributed by atoms with Crippen LogP contribution in [0.5, 0.6) is 0 Å². The minimum Gasteiger partial charge on any atom is -0.355 e. The van der Waals surface area contributed by atoms with Gasteiger partial charge in [-0.2, -0.15) is 4.98 Å². The number of nitro groups is 1. The summed E-state index contributed by atoms with van der Waals surface area (Å²) in [4.78, 5) is 31.5. The molecule has 0 aromatic carbocycles. The van der Waals surface area contributed by atoms with E-state index in [1.807, 2.05) is 6.92 Å². The number of rotatable bonds is 6. The molecule has 0 aliphatic rings. The largest absolute Gasteiger partial charge is 0.355 e. The maximum atomic E-state index is 11.5. The normalized spacial score (nSPS) is 10.0. The minimum atomic E-state index is -0.562. The average Bonchev–Trinajstić information content (AvgIpc) is 2.34. The van der Waals surface area contributed by atoms with Crippen molar-refractivity contribution < 1.29 is 9.72 Å². The Hall–Kier alpha value is -2.45. The van der Waals surface area contributed by atoms with E-state index in [-0.39, 0.29) is 35.6 Å². The number of nitrogens with zero attached hydrogens (tertiary/aromatic N) is 4. The Kier molecular flexibility index (Phi) is 5.18. The molecule has 1 aromatic heterocycles. The number of nitrogens with one attached hydrogen (secondary N) is 2. The maximum absolute atomic E-state index is 11.5. The van der Waals surface area contributed by atoms with Crippen LogP contribution in [-0.2, 0) is 4.79 Å². The highest BCUT2D eigenvalue weighted by Crippen LogP contribution is 2.26. The van der Waals surface area contributed by atoms with Crippen LogP contribution in [0.2, 0.25) is 0 Å². The highest BCUT2D eigenvalue weighted by Gasteiger charge is 2.22. The summed E-state index contributed by atoms with van der Waals surface area (Å²) in [6.45, 7) is 3.91. The van der Waals surface area contributed by atoms with Crippen LogP contribution in [0.25, 0.3) is 0 Å². The van der Waals surface area contributed by atoms with Crippen molar-refractivity contribution in [1.29, 1.82) is 0 Å². The Labute approximate surface area is 116 Å². The third-order valence-corrected chi connectivity index (χ3v) is 2.48. The van der Waals surface area contributed by atoms with Gasteiger partial charge in [-0.3, -0.25) is 14.9 Å². The molecule has 0 spiro atoms. The molecule has 0 fully saturated rings. The van der Waals surface area contributed by atoms with Crippen molar-refractivity contribution in [2.24, 2.45) is 0 Å². The van der Waals surface area contributed by atoms with Crippen LogP contribution in [0, 0.1) is 17.0 Å². The zero-order chi connectivity index (χ0) is 15.3. The van der Waals surface area contributed by atoms with E-state index in [0.717, 1.165) is 0 Å². The Morgan fingerprint density at radius 3 is 2.50 bits per heavy atom. The molecule has 0 atom stereocenters.